The average molecular weight is 249 g/mol. The molecule has 2 aromatic carbocycles. The van der Waals surface area contributed by atoms with Crippen molar-refractivity contribution >= 4 is 0 Å². The van der Waals surface area contributed by atoms with Crippen LogP contribution < -0.4 is 10.1 Å². The zero-order valence-electron chi connectivity index (χ0n) is 9.91. The number of nitrogens with one attached hydrogen (secondary N) is 1. The summed E-state index contributed by atoms with van der Waals surface area (Å²) in [5, 5.41) is 2.91. The third kappa shape index (κ3) is 2.84. The zero-order valence-corrected chi connectivity index (χ0v) is 9.91. The molecule has 0 saturated heterocycles. The fraction of sp³-hybridized carbons (Fsp3) is 0.143. The van der Waals surface area contributed by atoms with Crippen molar-refractivity contribution in [3.8, 4) is 11.5 Å². The summed E-state index contributed by atoms with van der Waals surface area (Å²) in [5.41, 5.74) is 0.640. The van der Waals surface area contributed by atoms with E-state index in [2.05, 4.69) is 5.32 Å². The molecule has 0 unspecified atom stereocenters. The van der Waals surface area contributed by atoms with Gasteiger partial charge in [-0.15, -0.1) is 0 Å². The van der Waals surface area contributed by atoms with E-state index < -0.39 is 5.82 Å². The first kappa shape index (κ1) is 12.5. The molecule has 0 atom stereocenters. The highest BCUT2D eigenvalue weighted by atomic mass is 19.1. The molecule has 0 aliphatic rings. The second-order valence-corrected chi connectivity index (χ2v) is 3.81. The Kier molecular flexibility index (Phi) is 3.89. The van der Waals surface area contributed by atoms with Crippen LogP contribution in [0.2, 0.25) is 0 Å². The third-order valence-electron chi connectivity index (χ3n) is 2.45. The number of para-hydroxylation sites is 1. The number of rotatable bonds is 4. The van der Waals surface area contributed by atoms with Gasteiger partial charge in [-0.2, -0.15) is 0 Å². The fourth-order valence-corrected chi connectivity index (χ4v) is 1.62. The van der Waals surface area contributed by atoms with Crippen molar-refractivity contribution in [2.24, 2.45) is 0 Å². The lowest BCUT2D eigenvalue weighted by molar-refractivity contribution is 0.435. The molecule has 0 heterocycles. The van der Waals surface area contributed by atoms with Gasteiger partial charge in [0.15, 0.2) is 11.6 Å². The van der Waals surface area contributed by atoms with Gasteiger partial charge in [-0.05, 0) is 37.4 Å². The summed E-state index contributed by atoms with van der Waals surface area (Å²) in [6.45, 7) is 0.446. The van der Waals surface area contributed by atoms with E-state index in [1.54, 1.807) is 19.2 Å². The van der Waals surface area contributed by atoms with Gasteiger partial charge < -0.3 is 10.1 Å². The van der Waals surface area contributed by atoms with Crippen molar-refractivity contribution in [3.05, 3.63) is 59.7 Å². The number of hydrogen-bond acceptors (Lipinski definition) is 2. The lowest BCUT2D eigenvalue weighted by Gasteiger charge is -2.11. The molecule has 18 heavy (non-hydrogen) atoms. The van der Waals surface area contributed by atoms with Gasteiger partial charge in [-0.3, -0.25) is 0 Å². The molecular weight excluding hydrogens is 236 g/mol. The predicted octanol–water partition coefficient (Wildman–Crippen LogP) is 3.48. The molecular formula is C14H13F2NO. The lowest BCUT2D eigenvalue weighted by atomic mass is 10.2. The minimum atomic E-state index is -0.447. The molecule has 2 aromatic rings. The Morgan fingerprint density at radius 2 is 1.83 bits per heavy atom. The summed E-state index contributed by atoms with van der Waals surface area (Å²) >= 11 is 0. The van der Waals surface area contributed by atoms with Crippen molar-refractivity contribution in [2.45, 2.75) is 6.54 Å². The van der Waals surface area contributed by atoms with Crippen LogP contribution in [0.15, 0.2) is 42.5 Å². The Balaban J connectivity index is 2.31. The van der Waals surface area contributed by atoms with Gasteiger partial charge in [0.05, 0.1) is 0 Å². The Hall–Kier alpha value is -1.94. The van der Waals surface area contributed by atoms with Gasteiger partial charge >= 0.3 is 0 Å². The highest BCUT2D eigenvalue weighted by Crippen LogP contribution is 2.27. The molecule has 94 valence electrons. The van der Waals surface area contributed by atoms with Crippen LogP contribution in [0.4, 0.5) is 8.78 Å². The molecule has 0 bridgehead atoms. The van der Waals surface area contributed by atoms with Crippen LogP contribution >= 0.6 is 0 Å². The van der Waals surface area contributed by atoms with Crippen LogP contribution in [0.1, 0.15) is 5.56 Å². The minimum absolute atomic E-state index is 0.126. The van der Waals surface area contributed by atoms with Crippen molar-refractivity contribution in [3.63, 3.8) is 0 Å². The molecule has 0 fully saturated rings. The number of halogens is 2. The van der Waals surface area contributed by atoms with E-state index in [4.69, 9.17) is 4.74 Å². The van der Waals surface area contributed by atoms with Crippen LogP contribution in [0.5, 0.6) is 11.5 Å². The first-order chi connectivity index (χ1) is 8.70. The van der Waals surface area contributed by atoms with Crippen molar-refractivity contribution in [1.29, 1.82) is 0 Å². The molecule has 0 radical (unpaired) electrons. The maximum Gasteiger partial charge on any atom is 0.165 e. The molecule has 0 spiro atoms. The second kappa shape index (κ2) is 5.60. The summed E-state index contributed by atoms with van der Waals surface area (Å²) in [6.07, 6.45) is 0. The molecule has 0 amide bonds. The summed E-state index contributed by atoms with van der Waals surface area (Å²) in [7, 11) is 1.75. The number of ether oxygens (including phenoxy) is 1. The van der Waals surface area contributed by atoms with Crippen molar-refractivity contribution in [1.82, 2.24) is 5.32 Å². The van der Waals surface area contributed by atoms with Gasteiger partial charge in [0.25, 0.3) is 0 Å². The van der Waals surface area contributed by atoms with Gasteiger partial charge in [-0.1, -0.05) is 12.1 Å². The summed E-state index contributed by atoms with van der Waals surface area (Å²) in [4.78, 5) is 0. The topological polar surface area (TPSA) is 21.3 Å². The van der Waals surface area contributed by atoms with E-state index in [-0.39, 0.29) is 11.6 Å². The quantitative estimate of drug-likeness (QED) is 0.895. The van der Waals surface area contributed by atoms with Gasteiger partial charge in [-0.25, -0.2) is 8.78 Å². The fourth-order valence-electron chi connectivity index (χ4n) is 1.62. The van der Waals surface area contributed by atoms with E-state index >= 15 is 0 Å². The van der Waals surface area contributed by atoms with Crippen molar-refractivity contribution < 1.29 is 13.5 Å². The smallest absolute Gasteiger partial charge is 0.165 e. The maximum absolute atomic E-state index is 13.5. The zero-order chi connectivity index (χ0) is 13.0. The molecule has 2 rings (SSSR count). The van der Waals surface area contributed by atoms with Gasteiger partial charge in [0.1, 0.15) is 11.6 Å². The molecule has 2 nitrogen and oxygen atoms in total. The highest BCUT2D eigenvalue weighted by molar-refractivity contribution is 5.38. The van der Waals surface area contributed by atoms with Crippen LogP contribution in [0.25, 0.3) is 0 Å². The monoisotopic (exact) mass is 249 g/mol. The standard InChI is InChI=1S/C14H13F2NO/c1-17-9-10-8-11(15)6-7-13(10)18-14-5-3-2-4-12(14)16/h2-8,17H,9H2,1H3. The predicted molar refractivity (Wildman–Crippen MR) is 65.6 cm³/mol. The van der Waals surface area contributed by atoms with E-state index in [0.29, 0.717) is 17.9 Å². The molecule has 0 saturated carbocycles. The Labute approximate surface area is 104 Å². The van der Waals surface area contributed by atoms with E-state index in [1.165, 1.54) is 30.3 Å². The van der Waals surface area contributed by atoms with Crippen LogP contribution in [-0.2, 0) is 6.54 Å². The summed E-state index contributed by atoms with van der Waals surface area (Å²) in [5.74, 6) is -0.226. The molecule has 1 N–H and O–H groups in total. The average Bonchev–Trinajstić information content (AvgIpc) is 2.35. The normalized spacial score (nSPS) is 10.4. The summed E-state index contributed by atoms with van der Waals surface area (Å²) in [6, 6.07) is 10.3. The number of benzene rings is 2. The molecule has 0 aliphatic heterocycles. The molecule has 0 aliphatic carbocycles. The second-order valence-electron chi connectivity index (χ2n) is 3.81. The van der Waals surface area contributed by atoms with Gasteiger partial charge in [0.2, 0.25) is 0 Å². The van der Waals surface area contributed by atoms with E-state index in [1.807, 2.05) is 0 Å². The Morgan fingerprint density at radius 3 is 2.56 bits per heavy atom. The van der Waals surface area contributed by atoms with Gasteiger partial charge in [0, 0.05) is 12.1 Å². The summed E-state index contributed by atoms with van der Waals surface area (Å²) < 4.78 is 32.1. The number of hydrogen-bond donors (Lipinski definition) is 1. The largest absolute Gasteiger partial charge is 0.454 e. The Bertz CT molecular complexity index is 543. The maximum atomic E-state index is 13.5. The molecule has 0 aromatic heterocycles. The van der Waals surface area contributed by atoms with E-state index in [0.717, 1.165) is 0 Å². The minimum Gasteiger partial charge on any atom is -0.454 e. The van der Waals surface area contributed by atoms with Crippen LogP contribution in [-0.4, -0.2) is 7.05 Å². The first-order valence-electron chi connectivity index (χ1n) is 5.56. The molecule has 4 heteroatoms. The highest BCUT2D eigenvalue weighted by Gasteiger charge is 2.08. The third-order valence-corrected chi connectivity index (χ3v) is 2.45. The lowest BCUT2D eigenvalue weighted by Crippen LogP contribution is -2.07. The van der Waals surface area contributed by atoms with Crippen LogP contribution in [0.3, 0.4) is 0 Å². The van der Waals surface area contributed by atoms with Crippen molar-refractivity contribution in [2.75, 3.05) is 7.05 Å². The SMILES string of the molecule is CNCc1cc(F)ccc1Oc1ccccc1F. The Morgan fingerprint density at radius 1 is 1.06 bits per heavy atom. The first-order valence-corrected chi connectivity index (χ1v) is 5.56. The van der Waals surface area contributed by atoms with E-state index in [9.17, 15) is 8.78 Å². The van der Waals surface area contributed by atoms with Crippen LogP contribution in [0, 0.1) is 11.6 Å².